The summed E-state index contributed by atoms with van der Waals surface area (Å²) in [5, 5.41) is 3.60. The van der Waals surface area contributed by atoms with Crippen molar-refractivity contribution in [3.8, 4) is 0 Å². The van der Waals surface area contributed by atoms with Crippen LogP contribution < -0.4 is 5.32 Å². The average molecular weight is 311 g/mol. The summed E-state index contributed by atoms with van der Waals surface area (Å²) in [5.41, 5.74) is 1.74. The van der Waals surface area contributed by atoms with Crippen molar-refractivity contribution >= 4 is 23.3 Å². The van der Waals surface area contributed by atoms with Crippen LogP contribution in [0.5, 0.6) is 0 Å². The minimum Gasteiger partial charge on any atom is -0.381 e. The molecule has 0 radical (unpaired) electrons. The minimum atomic E-state index is -0.0660. The van der Waals surface area contributed by atoms with Crippen LogP contribution in [-0.2, 0) is 4.74 Å². The van der Waals surface area contributed by atoms with E-state index in [0.717, 1.165) is 50.4 Å². The molecule has 1 aliphatic heterocycles. The Kier molecular flexibility index (Phi) is 5.88. The topological polar surface area (TPSA) is 41.6 Å². The molecule has 1 fully saturated rings. The predicted octanol–water partition coefficient (Wildman–Crippen LogP) is 3.93. The monoisotopic (exact) mass is 310 g/mol. The lowest BCUT2D eigenvalue weighted by atomic mass is 10.1. The Labute approximate surface area is 131 Å². The average Bonchev–Trinajstić information content (AvgIpc) is 2.95. The van der Waals surface area contributed by atoms with Crippen LogP contribution in [0.4, 0.5) is 10.5 Å². The first kappa shape index (κ1) is 16.1. The summed E-state index contributed by atoms with van der Waals surface area (Å²) in [6, 6.07) is 5.51. The molecule has 5 heteroatoms. The number of ether oxygens (including phenoxy) is 1. The van der Waals surface area contributed by atoms with E-state index in [4.69, 9.17) is 16.3 Å². The van der Waals surface area contributed by atoms with Gasteiger partial charge < -0.3 is 15.0 Å². The maximum absolute atomic E-state index is 12.4. The summed E-state index contributed by atoms with van der Waals surface area (Å²) >= 11 is 6.09. The van der Waals surface area contributed by atoms with Crippen LogP contribution in [0.3, 0.4) is 0 Å². The first-order valence-corrected chi connectivity index (χ1v) is 7.87. The molecule has 1 N–H and O–H groups in total. The lowest BCUT2D eigenvalue weighted by Crippen LogP contribution is -2.39. The summed E-state index contributed by atoms with van der Waals surface area (Å²) in [7, 11) is 0. The van der Waals surface area contributed by atoms with Crippen molar-refractivity contribution in [3.63, 3.8) is 0 Å². The molecule has 1 unspecified atom stereocenters. The van der Waals surface area contributed by atoms with E-state index in [1.807, 2.05) is 24.0 Å². The third-order valence-corrected chi connectivity index (χ3v) is 4.11. The van der Waals surface area contributed by atoms with Gasteiger partial charge in [0.05, 0.1) is 6.61 Å². The van der Waals surface area contributed by atoms with Gasteiger partial charge in [-0.15, -0.1) is 0 Å². The van der Waals surface area contributed by atoms with Gasteiger partial charge in [-0.05, 0) is 37.5 Å². The zero-order valence-electron chi connectivity index (χ0n) is 12.7. The van der Waals surface area contributed by atoms with Gasteiger partial charge in [-0.3, -0.25) is 0 Å². The molecular formula is C16H23ClN2O2. The largest absolute Gasteiger partial charge is 0.381 e. The Morgan fingerprint density at radius 1 is 1.52 bits per heavy atom. The molecule has 0 aliphatic carbocycles. The molecule has 0 saturated carbocycles. The fourth-order valence-electron chi connectivity index (χ4n) is 2.46. The predicted molar refractivity (Wildman–Crippen MR) is 86.0 cm³/mol. The smallest absolute Gasteiger partial charge is 0.321 e. The Morgan fingerprint density at radius 3 is 2.95 bits per heavy atom. The first-order chi connectivity index (χ1) is 10.1. The first-order valence-electron chi connectivity index (χ1n) is 7.50. The van der Waals surface area contributed by atoms with Crippen molar-refractivity contribution in [1.29, 1.82) is 0 Å². The van der Waals surface area contributed by atoms with Gasteiger partial charge >= 0.3 is 6.03 Å². The molecular weight excluding hydrogens is 288 g/mol. The van der Waals surface area contributed by atoms with E-state index in [-0.39, 0.29) is 6.03 Å². The number of amides is 2. The molecule has 1 heterocycles. The number of aryl methyl sites for hydroxylation is 1. The second-order valence-corrected chi connectivity index (χ2v) is 5.98. The lowest BCUT2D eigenvalue weighted by Gasteiger charge is -2.25. The number of halogens is 1. The number of hydrogen-bond acceptors (Lipinski definition) is 2. The fourth-order valence-corrected chi connectivity index (χ4v) is 2.64. The van der Waals surface area contributed by atoms with E-state index in [1.54, 1.807) is 6.07 Å². The number of rotatable bonds is 5. The zero-order chi connectivity index (χ0) is 15.2. The summed E-state index contributed by atoms with van der Waals surface area (Å²) < 4.78 is 5.39. The maximum atomic E-state index is 12.4. The van der Waals surface area contributed by atoms with Crippen LogP contribution in [0.25, 0.3) is 0 Å². The molecule has 1 saturated heterocycles. The molecule has 21 heavy (non-hydrogen) atoms. The summed E-state index contributed by atoms with van der Waals surface area (Å²) in [6.45, 7) is 7.08. The second-order valence-electron chi connectivity index (χ2n) is 5.57. The van der Waals surface area contributed by atoms with Crippen molar-refractivity contribution in [2.75, 3.05) is 31.6 Å². The summed E-state index contributed by atoms with van der Waals surface area (Å²) in [6.07, 6.45) is 1.97. The maximum Gasteiger partial charge on any atom is 0.321 e. The van der Waals surface area contributed by atoms with Gasteiger partial charge in [0.1, 0.15) is 0 Å². The highest BCUT2D eigenvalue weighted by molar-refractivity contribution is 6.31. The van der Waals surface area contributed by atoms with Crippen molar-refractivity contribution in [1.82, 2.24) is 4.90 Å². The standard InChI is InChI=1S/C16H23ClN2O2/c1-3-7-19(10-13-6-8-21-11-13)16(20)18-14-5-4-12(2)15(17)9-14/h4-5,9,13H,3,6-8,10-11H2,1-2H3,(H,18,20). The second kappa shape index (κ2) is 7.66. The molecule has 0 bridgehead atoms. The molecule has 1 aliphatic rings. The molecule has 1 aromatic rings. The fraction of sp³-hybridized carbons (Fsp3) is 0.562. The van der Waals surface area contributed by atoms with Crippen LogP contribution in [0.1, 0.15) is 25.3 Å². The quantitative estimate of drug-likeness (QED) is 0.895. The van der Waals surface area contributed by atoms with Gasteiger partial charge in [0.25, 0.3) is 0 Å². The van der Waals surface area contributed by atoms with E-state index in [0.29, 0.717) is 10.9 Å². The summed E-state index contributed by atoms with van der Waals surface area (Å²) in [5.74, 6) is 0.448. The molecule has 1 atom stereocenters. The highest BCUT2D eigenvalue weighted by Crippen LogP contribution is 2.21. The van der Waals surface area contributed by atoms with Gasteiger partial charge in [0.15, 0.2) is 0 Å². The van der Waals surface area contributed by atoms with Crippen molar-refractivity contribution in [2.45, 2.75) is 26.7 Å². The van der Waals surface area contributed by atoms with Gasteiger partial charge in [-0.25, -0.2) is 4.79 Å². The zero-order valence-corrected chi connectivity index (χ0v) is 13.4. The minimum absolute atomic E-state index is 0.0660. The Morgan fingerprint density at radius 2 is 2.33 bits per heavy atom. The van der Waals surface area contributed by atoms with E-state index < -0.39 is 0 Å². The number of benzene rings is 1. The third kappa shape index (κ3) is 4.61. The van der Waals surface area contributed by atoms with E-state index >= 15 is 0 Å². The molecule has 1 aromatic carbocycles. The number of carbonyl (C=O) groups excluding carboxylic acids is 1. The third-order valence-electron chi connectivity index (χ3n) is 3.71. The SMILES string of the molecule is CCCN(CC1CCOC1)C(=O)Nc1ccc(C)c(Cl)c1. The number of urea groups is 1. The van der Waals surface area contributed by atoms with E-state index in [9.17, 15) is 4.79 Å². The van der Waals surface area contributed by atoms with Crippen LogP contribution in [0.2, 0.25) is 5.02 Å². The van der Waals surface area contributed by atoms with Crippen LogP contribution in [0, 0.1) is 12.8 Å². The summed E-state index contributed by atoms with van der Waals surface area (Å²) in [4.78, 5) is 14.3. The van der Waals surface area contributed by atoms with Crippen LogP contribution >= 0.6 is 11.6 Å². The lowest BCUT2D eigenvalue weighted by molar-refractivity contribution is 0.169. The number of nitrogens with zero attached hydrogens (tertiary/aromatic N) is 1. The highest BCUT2D eigenvalue weighted by atomic mass is 35.5. The Balaban J connectivity index is 1.98. The Hall–Kier alpha value is -1.26. The van der Waals surface area contributed by atoms with Gasteiger partial charge in [0, 0.05) is 36.3 Å². The van der Waals surface area contributed by atoms with Gasteiger partial charge in [0.2, 0.25) is 0 Å². The van der Waals surface area contributed by atoms with Crippen molar-refractivity contribution < 1.29 is 9.53 Å². The van der Waals surface area contributed by atoms with Crippen LogP contribution in [-0.4, -0.2) is 37.2 Å². The molecule has 0 spiro atoms. The number of hydrogen-bond donors (Lipinski definition) is 1. The normalized spacial score (nSPS) is 17.8. The van der Waals surface area contributed by atoms with Crippen molar-refractivity contribution in [3.05, 3.63) is 28.8 Å². The Bertz CT molecular complexity index is 487. The molecule has 4 nitrogen and oxygen atoms in total. The van der Waals surface area contributed by atoms with Crippen molar-refractivity contribution in [2.24, 2.45) is 5.92 Å². The van der Waals surface area contributed by atoms with Gasteiger partial charge in [-0.2, -0.15) is 0 Å². The number of nitrogens with one attached hydrogen (secondary N) is 1. The van der Waals surface area contributed by atoms with Crippen LogP contribution in [0.15, 0.2) is 18.2 Å². The molecule has 116 valence electrons. The molecule has 2 rings (SSSR count). The van der Waals surface area contributed by atoms with Gasteiger partial charge in [-0.1, -0.05) is 24.6 Å². The van der Waals surface area contributed by atoms with E-state index in [1.165, 1.54) is 0 Å². The highest BCUT2D eigenvalue weighted by Gasteiger charge is 2.22. The molecule has 2 amide bonds. The number of carbonyl (C=O) groups is 1. The molecule has 0 aromatic heterocycles. The number of anilines is 1. The van der Waals surface area contributed by atoms with E-state index in [2.05, 4.69) is 12.2 Å².